The Morgan fingerprint density at radius 1 is 1.39 bits per heavy atom. The average molecular weight is 279 g/mol. The number of alkyl halides is 3. The van der Waals surface area contributed by atoms with Gasteiger partial charge in [-0.2, -0.15) is 13.2 Å². The number of amides is 1. The fourth-order valence-electron chi connectivity index (χ4n) is 1.91. The van der Waals surface area contributed by atoms with Crippen LogP contribution >= 0.6 is 11.6 Å². The van der Waals surface area contributed by atoms with Crippen molar-refractivity contribution >= 4 is 23.2 Å². The molecule has 3 nitrogen and oxygen atoms in total. The lowest BCUT2D eigenvalue weighted by atomic mass is 10.1. The van der Waals surface area contributed by atoms with Crippen molar-refractivity contribution in [1.82, 2.24) is 0 Å². The molecule has 7 heteroatoms. The Bertz CT molecular complexity index is 490. The van der Waals surface area contributed by atoms with Crippen LogP contribution in [0.2, 0.25) is 5.02 Å². The van der Waals surface area contributed by atoms with Crippen LogP contribution in [0.15, 0.2) is 18.2 Å². The number of hydrogen-bond acceptors (Lipinski definition) is 2. The molecule has 0 aliphatic carbocycles. The van der Waals surface area contributed by atoms with Crippen LogP contribution in [0.4, 0.5) is 18.9 Å². The molecule has 1 saturated heterocycles. The number of carbonyl (C=O) groups is 1. The van der Waals surface area contributed by atoms with E-state index in [1.807, 2.05) is 0 Å². The Balaban J connectivity index is 2.48. The molecule has 1 atom stereocenters. The molecule has 0 spiro atoms. The Morgan fingerprint density at radius 3 is 2.56 bits per heavy atom. The lowest BCUT2D eigenvalue weighted by molar-refractivity contribution is -0.137. The molecule has 1 aromatic carbocycles. The van der Waals surface area contributed by atoms with E-state index in [2.05, 4.69) is 0 Å². The quantitative estimate of drug-likeness (QED) is 0.857. The minimum atomic E-state index is -4.56. The molecule has 2 N–H and O–H groups in total. The highest BCUT2D eigenvalue weighted by Gasteiger charge is 2.39. The maximum absolute atomic E-state index is 12.9. The van der Waals surface area contributed by atoms with Gasteiger partial charge in [0.1, 0.15) is 0 Å². The second kappa shape index (κ2) is 4.44. The number of hydrogen-bond donors (Lipinski definition) is 1. The van der Waals surface area contributed by atoms with Crippen LogP contribution < -0.4 is 10.6 Å². The van der Waals surface area contributed by atoms with Crippen LogP contribution in [-0.2, 0) is 11.0 Å². The van der Waals surface area contributed by atoms with E-state index >= 15 is 0 Å². The number of halogens is 4. The van der Waals surface area contributed by atoms with Gasteiger partial charge in [0.25, 0.3) is 0 Å². The van der Waals surface area contributed by atoms with Gasteiger partial charge >= 0.3 is 6.18 Å². The zero-order valence-electron chi connectivity index (χ0n) is 9.17. The third kappa shape index (κ3) is 2.30. The molecule has 2 rings (SSSR count). The molecule has 1 aliphatic heterocycles. The summed E-state index contributed by atoms with van der Waals surface area (Å²) in [7, 11) is 0. The van der Waals surface area contributed by atoms with E-state index in [1.54, 1.807) is 0 Å². The SMILES string of the molecule is NC1CCN(c2ccc(Cl)cc2C(F)(F)F)C1=O. The number of rotatable bonds is 1. The Morgan fingerprint density at radius 2 is 2.06 bits per heavy atom. The van der Waals surface area contributed by atoms with Gasteiger partial charge in [0, 0.05) is 11.6 Å². The normalized spacial score (nSPS) is 20.6. The second-order valence-corrected chi connectivity index (χ2v) is 4.48. The molecule has 1 fully saturated rings. The zero-order valence-corrected chi connectivity index (χ0v) is 9.92. The van der Waals surface area contributed by atoms with E-state index < -0.39 is 23.7 Å². The van der Waals surface area contributed by atoms with Gasteiger partial charge in [-0.15, -0.1) is 0 Å². The molecule has 0 radical (unpaired) electrons. The molecule has 0 bridgehead atoms. The first-order valence-electron chi connectivity index (χ1n) is 5.24. The van der Waals surface area contributed by atoms with Crippen molar-refractivity contribution in [2.75, 3.05) is 11.4 Å². The number of benzene rings is 1. The van der Waals surface area contributed by atoms with Gasteiger partial charge in [0.15, 0.2) is 0 Å². The molecule has 1 aromatic rings. The Kier molecular flexibility index (Phi) is 3.25. The van der Waals surface area contributed by atoms with E-state index in [4.69, 9.17) is 17.3 Å². The van der Waals surface area contributed by atoms with Gasteiger partial charge in [0.2, 0.25) is 5.91 Å². The van der Waals surface area contributed by atoms with Crippen molar-refractivity contribution in [1.29, 1.82) is 0 Å². The molecule has 1 heterocycles. The third-order valence-corrected chi connectivity index (χ3v) is 3.04. The van der Waals surface area contributed by atoms with Crippen molar-refractivity contribution in [3.05, 3.63) is 28.8 Å². The number of carbonyl (C=O) groups excluding carboxylic acids is 1. The maximum atomic E-state index is 12.9. The minimum absolute atomic E-state index is 0.0259. The lowest BCUT2D eigenvalue weighted by Crippen LogP contribution is -2.35. The molecule has 18 heavy (non-hydrogen) atoms. The Labute approximate surface area is 106 Å². The van der Waals surface area contributed by atoms with Crippen LogP contribution in [0.5, 0.6) is 0 Å². The summed E-state index contributed by atoms with van der Waals surface area (Å²) < 4.78 is 38.6. The topological polar surface area (TPSA) is 46.3 Å². The second-order valence-electron chi connectivity index (χ2n) is 4.04. The molecule has 1 amide bonds. The highest BCUT2D eigenvalue weighted by atomic mass is 35.5. The summed E-state index contributed by atoms with van der Waals surface area (Å²) in [5, 5.41) is -0.0259. The maximum Gasteiger partial charge on any atom is 0.418 e. The largest absolute Gasteiger partial charge is 0.418 e. The van der Waals surface area contributed by atoms with Crippen molar-refractivity contribution < 1.29 is 18.0 Å². The molecule has 98 valence electrons. The van der Waals surface area contributed by atoms with Crippen LogP contribution in [0.1, 0.15) is 12.0 Å². The van der Waals surface area contributed by atoms with Gasteiger partial charge in [-0.05, 0) is 24.6 Å². The zero-order chi connectivity index (χ0) is 13.5. The van der Waals surface area contributed by atoms with Gasteiger partial charge in [-0.1, -0.05) is 11.6 Å². The van der Waals surface area contributed by atoms with Gasteiger partial charge in [-0.25, -0.2) is 0 Å². The van der Waals surface area contributed by atoms with Crippen molar-refractivity contribution in [2.24, 2.45) is 5.73 Å². The van der Waals surface area contributed by atoms with Crippen molar-refractivity contribution in [2.45, 2.75) is 18.6 Å². The number of nitrogens with zero attached hydrogens (tertiary/aromatic N) is 1. The minimum Gasteiger partial charge on any atom is -0.320 e. The predicted molar refractivity (Wildman–Crippen MR) is 61.4 cm³/mol. The van der Waals surface area contributed by atoms with E-state index in [1.165, 1.54) is 12.1 Å². The van der Waals surface area contributed by atoms with Crippen molar-refractivity contribution in [3.63, 3.8) is 0 Å². The summed E-state index contributed by atoms with van der Waals surface area (Å²) >= 11 is 5.57. The van der Waals surface area contributed by atoms with Crippen LogP contribution in [0.3, 0.4) is 0 Å². The van der Waals surface area contributed by atoms with E-state index in [0.29, 0.717) is 6.42 Å². The van der Waals surface area contributed by atoms with Crippen molar-refractivity contribution in [3.8, 4) is 0 Å². The molecule has 1 unspecified atom stereocenters. The molecule has 0 aromatic heterocycles. The fraction of sp³-hybridized carbons (Fsp3) is 0.364. The smallest absolute Gasteiger partial charge is 0.320 e. The van der Waals surface area contributed by atoms with Crippen LogP contribution in [0, 0.1) is 0 Å². The van der Waals surface area contributed by atoms with E-state index in [-0.39, 0.29) is 17.3 Å². The molecule has 0 saturated carbocycles. The summed E-state index contributed by atoms with van der Waals surface area (Å²) in [5.41, 5.74) is 4.39. The average Bonchev–Trinajstić information content (AvgIpc) is 2.59. The van der Waals surface area contributed by atoms with E-state index in [9.17, 15) is 18.0 Å². The number of anilines is 1. The predicted octanol–water partition coefficient (Wildman–Crippen LogP) is 2.42. The van der Waals surface area contributed by atoms with Gasteiger partial charge in [-0.3, -0.25) is 4.79 Å². The summed E-state index contributed by atoms with van der Waals surface area (Å²) in [6, 6.07) is 2.60. The molecule has 1 aliphatic rings. The van der Waals surface area contributed by atoms with Crippen LogP contribution in [-0.4, -0.2) is 18.5 Å². The summed E-state index contributed by atoms with van der Waals surface area (Å²) in [6.45, 7) is 0.185. The standard InChI is InChI=1S/C11H10ClF3N2O/c12-6-1-2-9(7(5-6)11(13,14)15)17-4-3-8(16)10(17)18/h1-2,5,8H,3-4,16H2. The highest BCUT2D eigenvalue weighted by molar-refractivity contribution is 6.30. The highest BCUT2D eigenvalue weighted by Crippen LogP contribution is 2.39. The molecular weight excluding hydrogens is 269 g/mol. The fourth-order valence-corrected chi connectivity index (χ4v) is 2.08. The first kappa shape index (κ1) is 13.2. The summed E-state index contributed by atoms with van der Waals surface area (Å²) in [6.07, 6.45) is -4.22. The monoisotopic (exact) mass is 278 g/mol. The van der Waals surface area contributed by atoms with Gasteiger partial charge < -0.3 is 10.6 Å². The first-order chi connectivity index (χ1) is 8.30. The third-order valence-electron chi connectivity index (χ3n) is 2.80. The Hall–Kier alpha value is -1.27. The van der Waals surface area contributed by atoms with E-state index in [0.717, 1.165) is 11.0 Å². The molecular formula is C11H10ClF3N2O. The van der Waals surface area contributed by atoms with Crippen LogP contribution in [0.25, 0.3) is 0 Å². The lowest BCUT2D eigenvalue weighted by Gasteiger charge is -2.21. The number of nitrogens with two attached hydrogens (primary N) is 1. The summed E-state index contributed by atoms with van der Waals surface area (Å²) in [5.74, 6) is -0.497. The first-order valence-corrected chi connectivity index (χ1v) is 5.62. The summed E-state index contributed by atoms with van der Waals surface area (Å²) in [4.78, 5) is 12.7. The van der Waals surface area contributed by atoms with Gasteiger partial charge in [0.05, 0.1) is 17.3 Å².